The van der Waals surface area contributed by atoms with Crippen molar-refractivity contribution in [1.29, 1.82) is 0 Å². The monoisotopic (exact) mass is 155 g/mol. The molecule has 0 aliphatic heterocycles. The second kappa shape index (κ2) is 9.11. The van der Waals surface area contributed by atoms with E-state index in [2.05, 4.69) is 5.32 Å². The van der Waals surface area contributed by atoms with E-state index in [1.165, 1.54) is 0 Å². The fourth-order valence-corrected chi connectivity index (χ4v) is 0.389. The van der Waals surface area contributed by atoms with Crippen LogP contribution in [-0.4, -0.2) is 63.8 Å². The third-order valence-electron chi connectivity index (χ3n) is 0.893. The molecule has 0 saturated carbocycles. The molecule has 0 spiro atoms. The van der Waals surface area contributed by atoms with Crippen LogP contribution in [0, 0.1) is 0 Å². The summed E-state index contributed by atoms with van der Waals surface area (Å²) in [5.74, 6) is 0.145. The minimum absolute atomic E-state index is 0. The molecule has 50 valence electrons. The number of rotatable bonds is 3. The first-order valence-corrected chi connectivity index (χ1v) is 3.08. The van der Waals surface area contributed by atoms with Gasteiger partial charge in [-0.1, -0.05) is 13.8 Å². The quantitative estimate of drug-likeness (QED) is 0.583. The predicted octanol–water partition coefficient (Wildman–Crippen LogP) is 0.274. The van der Waals surface area contributed by atoms with Crippen LogP contribution in [0.15, 0.2) is 0 Å². The van der Waals surface area contributed by atoms with Crippen LogP contribution >= 0.6 is 0 Å². The van der Waals surface area contributed by atoms with Gasteiger partial charge in [-0.05, 0) is 6.42 Å². The van der Waals surface area contributed by atoms with Crippen molar-refractivity contribution in [2.24, 2.45) is 0 Å². The second-order valence-electron chi connectivity index (χ2n) is 1.70. The molecule has 0 rings (SSSR count). The summed E-state index contributed by atoms with van der Waals surface area (Å²) in [4.78, 5) is 10.5. The third-order valence-corrected chi connectivity index (χ3v) is 0.893. The molecule has 1 amide bonds. The van der Waals surface area contributed by atoms with Crippen molar-refractivity contribution in [1.82, 2.24) is 5.32 Å². The van der Waals surface area contributed by atoms with Crippen LogP contribution in [0.2, 0.25) is 0 Å². The van der Waals surface area contributed by atoms with Crippen molar-refractivity contribution in [2.75, 3.05) is 6.54 Å². The molecule has 3 heteroatoms. The molecule has 1 N–H and O–H groups in total. The Morgan fingerprint density at radius 2 is 2.00 bits per heavy atom. The molecule has 0 aromatic rings. The number of amides is 1. The molecular formula is C6H14KNO. The summed E-state index contributed by atoms with van der Waals surface area (Å²) in [7, 11) is 0. The fourth-order valence-electron chi connectivity index (χ4n) is 0.389. The van der Waals surface area contributed by atoms with Crippen molar-refractivity contribution in [2.45, 2.75) is 26.7 Å². The summed E-state index contributed by atoms with van der Waals surface area (Å²) in [5.41, 5.74) is 0. The van der Waals surface area contributed by atoms with E-state index in [0.29, 0.717) is 6.42 Å². The molecular weight excluding hydrogens is 141 g/mol. The van der Waals surface area contributed by atoms with E-state index in [4.69, 9.17) is 0 Å². The summed E-state index contributed by atoms with van der Waals surface area (Å²) >= 11 is 0. The van der Waals surface area contributed by atoms with Crippen LogP contribution in [0.5, 0.6) is 0 Å². The Morgan fingerprint density at radius 1 is 1.44 bits per heavy atom. The first-order valence-electron chi connectivity index (χ1n) is 3.08. The van der Waals surface area contributed by atoms with Crippen molar-refractivity contribution in [3.05, 3.63) is 0 Å². The summed E-state index contributed by atoms with van der Waals surface area (Å²) in [6.45, 7) is 4.70. The van der Waals surface area contributed by atoms with Gasteiger partial charge in [-0.25, -0.2) is 0 Å². The number of carbonyl (C=O) groups is 1. The first-order chi connectivity index (χ1) is 3.81. The molecule has 0 aliphatic rings. The van der Waals surface area contributed by atoms with E-state index in [9.17, 15) is 4.79 Å². The van der Waals surface area contributed by atoms with Gasteiger partial charge >= 0.3 is 51.4 Å². The zero-order chi connectivity index (χ0) is 6.41. The maximum atomic E-state index is 10.5. The molecule has 0 radical (unpaired) electrons. The Bertz CT molecular complexity index is 75.5. The second-order valence-corrected chi connectivity index (χ2v) is 1.70. The van der Waals surface area contributed by atoms with E-state index in [-0.39, 0.29) is 57.3 Å². The first kappa shape index (κ1) is 12.8. The van der Waals surface area contributed by atoms with E-state index in [0.717, 1.165) is 13.0 Å². The van der Waals surface area contributed by atoms with Gasteiger partial charge in [-0.3, -0.25) is 4.79 Å². The summed E-state index contributed by atoms with van der Waals surface area (Å²) in [6.07, 6.45) is 1.62. The number of hydrogen-bond acceptors (Lipinski definition) is 1. The number of hydrogen-bond donors (Lipinski definition) is 1. The van der Waals surface area contributed by atoms with Crippen LogP contribution in [0.4, 0.5) is 0 Å². The summed E-state index contributed by atoms with van der Waals surface area (Å²) in [5, 5.41) is 2.74. The van der Waals surface area contributed by atoms with E-state index < -0.39 is 0 Å². The molecule has 0 bridgehead atoms. The zero-order valence-corrected chi connectivity index (χ0v) is 5.53. The third kappa shape index (κ3) is 9.11. The van der Waals surface area contributed by atoms with Gasteiger partial charge in [-0.2, -0.15) is 0 Å². The standard InChI is InChI=1S/C6H13NO.K.H/c1-3-5-7-6(8)4-2;;/h3-5H2,1-2H3,(H,7,8);;. The molecule has 0 unspecified atom stereocenters. The molecule has 0 heterocycles. The Kier molecular flexibility index (Phi) is 12.9. The van der Waals surface area contributed by atoms with Crippen molar-refractivity contribution in [3.8, 4) is 0 Å². The molecule has 0 fully saturated rings. The number of nitrogens with one attached hydrogen (secondary N) is 1. The van der Waals surface area contributed by atoms with Gasteiger partial charge in [0, 0.05) is 13.0 Å². The van der Waals surface area contributed by atoms with Crippen molar-refractivity contribution >= 4 is 57.3 Å². The van der Waals surface area contributed by atoms with Crippen LogP contribution in [0.1, 0.15) is 26.7 Å². The molecule has 0 aromatic heterocycles. The van der Waals surface area contributed by atoms with Crippen LogP contribution in [-0.2, 0) is 4.79 Å². The van der Waals surface area contributed by atoms with Crippen LogP contribution in [0.3, 0.4) is 0 Å². The fraction of sp³-hybridized carbons (Fsp3) is 0.833. The normalized spacial score (nSPS) is 7.78. The van der Waals surface area contributed by atoms with Gasteiger partial charge < -0.3 is 5.32 Å². The van der Waals surface area contributed by atoms with Crippen LogP contribution < -0.4 is 5.32 Å². The minimum atomic E-state index is 0. The number of carbonyl (C=O) groups excluding carboxylic acids is 1. The van der Waals surface area contributed by atoms with Gasteiger partial charge in [0.15, 0.2) is 0 Å². The maximum absolute atomic E-state index is 10.5. The molecule has 9 heavy (non-hydrogen) atoms. The van der Waals surface area contributed by atoms with Crippen LogP contribution in [0.25, 0.3) is 0 Å². The molecule has 0 saturated heterocycles. The molecule has 0 atom stereocenters. The van der Waals surface area contributed by atoms with E-state index in [1.54, 1.807) is 0 Å². The Hall–Kier alpha value is 1.11. The summed E-state index contributed by atoms with van der Waals surface area (Å²) < 4.78 is 0. The van der Waals surface area contributed by atoms with E-state index >= 15 is 0 Å². The average molecular weight is 155 g/mol. The van der Waals surface area contributed by atoms with Gasteiger partial charge in [-0.15, -0.1) is 0 Å². The predicted molar refractivity (Wildman–Crippen MR) is 40.7 cm³/mol. The average Bonchev–Trinajstić information content (AvgIpc) is 1.83. The SMILES string of the molecule is CCCNC(=O)CC.[KH]. The van der Waals surface area contributed by atoms with Gasteiger partial charge in [0.1, 0.15) is 0 Å². The Balaban J connectivity index is 0. The van der Waals surface area contributed by atoms with Gasteiger partial charge in [0.05, 0.1) is 0 Å². The topological polar surface area (TPSA) is 29.1 Å². The molecule has 0 aliphatic carbocycles. The van der Waals surface area contributed by atoms with Gasteiger partial charge in [0.2, 0.25) is 5.91 Å². The zero-order valence-electron chi connectivity index (χ0n) is 5.53. The van der Waals surface area contributed by atoms with Gasteiger partial charge in [0.25, 0.3) is 0 Å². The molecule has 0 aromatic carbocycles. The Labute approximate surface area is 99.2 Å². The Morgan fingerprint density at radius 3 is 2.33 bits per heavy atom. The summed E-state index contributed by atoms with van der Waals surface area (Å²) in [6, 6.07) is 0. The van der Waals surface area contributed by atoms with Crippen molar-refractivity contribution in [3.63, 3.8) is 0 Å². The molecule has 2 nitrogen and oxygen atoms in total. The van der Waals surface area contributed by atoms with E-state index in [1.807, 2.05) is 13.8 Å². The van der Waals surface area contributed by atoms with Crippen molar-refractivity contribution < 1.29 is 4.79 Å².